The summed E-state index contributed by atoms with van der Waals surface area (Å²) in [5, 5.41) is 2.85. The Balaban J connectivity index is 1.60. The van der Waals surface area contributed by atoms with Crippen LogP contribution in [0.4, 0.5) is 0 Å². The molecule has 0 spiro atoms. The van der Waals surface area contributed by atoms with Crippen LogP contribution in [0.5, 0.6) is 5.75 Å². The zero-order valence-electron chi connectivity index (χ0n) is 15.4. The number of carbonyl (C=O) groups excluding carboxylic acids is 1. The third-order valence-corrected chi connectivity index (χ3v) is 3.54. The van der Waals surface area contributed by atoms with E-state index in [1.807, 2.05) is 68.4 Å². The number of hydrogen-bond acceptors (Lipinski definition) is 4. The fourth-order valence-corrected chi connectivity index (χ4v) is 2.24. The average Bonchev–Trinajstić information content (AvgIpc) is 2.65. The first-order valence-corrected chi connectivity index (χ1v) is 8.85. The fraction of sp³-hybridized carbons (Fsp3) is 0.381. The predicted molar refractivity (Wildman–Crippen MR) is 101 cm³/mol. The first kappa shape index (κ1) is 19.9. The monoisotopic (exact) mass is 357 g/mol. The van der Waals surface area contributed by atoms with Crippen LogP contribution in [0.3, 0.4) is 0 Å². The van der Waals surface area contributed by atoms with E-state index in [1.54, 1.807) is 0 Å². The molecule has 0 saturated heterocycles. The average molecular weight is 357 g/mol. The maximum atomic E-state index is 11.8. The van der Waals surface area contributed by atoms with E-state index in [2.05, 4.69) is 5.32 Å². The van der Waals surface area contributed by atoms with Gasteiger partial charge in [-0.25, -0.2) is 0 Å². The van der Waals surface area contributed by atoms with Crippen LogP contribution in [0, 0.1) is 0 Å². The maximum absolute atomic E-state index is 11.8. The molecule has 0 radical (unpaired) electrons. The normalized spacial score (nSPS) is 10.7. The zero-order valence-corrected chi connectivity index (χ0v) is 15.4. The summed E-state index contributed by atoms with van der Waals surface area (Å²) in [5.74, 6) is 0.649. The lowest BCUT2D eigenvalue weighted by Crippen LogP contribution is -2.27. The quantitative estimate of drug-likeness (QED) is 0.627. The summed E-state index contributed by atoms with van der Waals surface area (Å²) in [5.41, 5.74) is 2.13. The van der Waals surface area contributed by atoms with Crippen LogP contribution in [0.15, 0.2) is 54.6 Å². The van der Waals surface area contributed by atoms with E-state index in [9.17, 15) is 4.79 Å². The zero-order chi connectivity index (χ0) is 18.6. The number of nitrogens with one attached hydrogen (secondary N) is 1. The number of benzene rings is 2. The lowest BCUT2D eigenvalue weighted by atomic mass is 10.1. The Morgan fingerprint density at radius 2 is 1.77 bits per heavy atom. The Labute approximate surface area is 155 Å². The molecule has 0 atom stereocenters. The standard InChI is InChI=1S/C21H27NO4/c1-17(2)26-15-19-8-6-7-18(13-19)14-22-21(23)16-24-11-12-25-20-9-4-3-5-10-20/h3-10,13,17H,11-12,14-16H2,1-2H3,(H,22,23). The first-order valence-electron chi connectivity index (χ1n) is 8.85. The molecule has 5 heteroatoms. The number of ether oxygens (including phenoxy) is 3. The topological polar surface area (TPSA) is 56.8 Å². The largest absolute Gasteiger partial charge is 0.491 e. The van der Waals surface area contributed by atoms with E-state index in [0.29, 0.717) is 26.4 Å². The molecule has 0 saturated carbocycles. The SMILES string of the molecule is CC(C)OCc1cccc(CNC(=O)COCCOc2ccccc2)c1. The van der Waals surface area contributed by atoms with Gasteiger partial charge in [-0.15, -0.1) is 0 Å². The molecule has 1 amide bonds. The van der Waals surface area contributed by atoms with Gasteiger partial charge in [0, 0.05) is 6.54 Å². The van der Waals surface area contributed by atoms with Gasteiger partial charge in [-0.2, -0.15) is 0 Å². The van der Waals surface area contributed by atoms with Gasteiger partial charge in [-0.05, 0) is 37.1 Å². The van der Waals surface area contributed by atoms with Gasteiger partial charge < -0.3 is 19.5 Å². The van der Waals surface area contributed by atoms with E-state index >= 15 is 0 Å². The molecule has 0 aliphatic carbocycles. The Morgan fingerprint density at radius 3 is 2.54 bits per heavy atom. The smallest absolute Gasteiger partial charge is 0.246 e. The minimum absolute atomic E-state index is 0.0221. The van der Waals surface area contributed by atoms with Crippen molar-refractivity contribution in [3.05, 3.63) is 65.7 Å². The molecule has 0 aromatic heterocycles. The van der Waals surface area contributed by atoms with E-state index in [4.69, 9.17) is 14.2 Å². The number of amides is 1. The van der Waals surface area contributed by atoms with Crippen molar-refractivity contribution in [1.82, 2.24) is 5.32 Å². The highest BCUT2D eigenvalue weighted by Gasteiger charge is 2.03. The predicted octanol–water partition coefficient (Wildman–Crippen LogP) is 3.32. The van der Waals surface area contributed by atoms with Crippen molar-refractivity contribution in [3.8, 4) is 5.75 Å². The summed E-state index contributed by atoms with van der Waals surface area (Å²) in [6.45, 7) is 5.86. The van der Waals surface area contributed by atoms with Gasteiger partial charge in [0.15, 0.2) is 0 Å². The van der Waals surface area contributed by atoms with Crippen LogP contribution in [-0.2, 0) is 27.4 Å². The molecule has 26 heavy (non-hydrogen) atoms. The van der Waals surface area contributed by atoms with Crippen LogP contribution < -0.4 is 10.1 Å². The fourth-order valence-electron chi connectivity index (χ4n) is 2.24. The molecule has 0 heterocycles. The van der Waals surface area contributed by atoms with Crippen molar-refractivity contribution >= 4 is 5.91 Å². The Hall–Kier alpha value is -2.37. The molecular formula is C21H27NO4. The highest BCUT2D eigenvalue weighted by molar-refractivity contribution is 5.77. The van der Waals surface area contributed by atoms with Crippen molar-refractivity contribution in [3.63, 3.8) is 0 Å². The van der Waals surface area contributed by atoms with E-state index < -0.39 is 0 Å². The molecule has 2 aromatic rings. The number of hydrogen-bond donors (Lipinski definition) is 1. The van der Waals surface area contributed by atoms with Crippen molar-refractivity contribution in [1.29, 1.82) is 0 Å². The van der Waals surface area contributed by atoms with Crippen LogP contribution in [0.1, 0.15) is 25.0 Å². The summed E-state index contributed by atoms with van der Waals surface area (Å²) in [7, 11) is 0. The van der Waals surface area contributed by atoms with Gasteiger partial charge in [0.1, 0.15) is 19.0 Å². The molecule has 140 valence electrons. The second kappa shape index (κ2) is 11.3. The van der Waals surface area contributed by atoms with Gasteiger partial charge in [-0.3, -0.25) is 4.79 Å². The third kappa shape index (κ3) is 8.14. The summed E-state index contributed by atoms with van der Waals surface area (Å²) in [4.78, 5) is 11.8. The van der Waals surface area contributed by atoms with Gasteiger partial charge in [0.05, 0.1) is 19.3 Å². The summed E-state index contributed by atoms with van der Waals surface area (Å²) >= 11 is 0. The molecule has 0 fully saturated rings. The van der Waals surface area contributed by atoms with Crippen LogP contribution >= 0.6 is 0 Å². The van der Waals surface area contributed by atoms with Crippen molar-refractivity contribution in [2.24, 2.45) is 0 Å². The molecule has 1 N–H and O–H groups in total. The molecule has 2 rings (SSSR count). The van der Waals surface area contributed by atoms with Crippen LogP contribution in [0.25, 0.3) is 0 Å². The van der Waals surface area contributed by atoms with E-state index in [-0.39, 0.29) is 18.6 Å². The van der Waals surface area contributed by atoms with Gasteiger partial charge in [0.2, 0.25) is 5.91 Å². The van der Waals surface area contributed by atoms with Crippen LogP contribution in [0.2, 0.25) is 0 Å². The minimum atomic E-state index is -0.145. The van der Waals surface area contributed by atoms with Gasteiger partial charge >= 0.3 is 0 Å². The van der Waals surface area contributed by atoms with E-state index in [0.717, 1.165) is 16.9 Å². The van der Waals surface area contributed by atoms with Gasteiger partial charge in [0.25, 0.3) is 0 Å². The second-order valence-corrected chi connectivity index (χ2v) is 6.17. The van der Waals surface area contributed by atoms with Crippen molar-refractivity contribution < 1.29 is 19.0 Å². The summed E-state index contributed by atoms with van der Waals surface area (Å²) in [6, 6.07) is 17.5. The van der Waals surface area contributed by atoms with Crippen molar-refractivity contribution in [2.45, 2.75) is 33.1 Å². The Kier molecular flexibility index (Phi) is 8.66. The summed E-state index contributed by atoms with van der Waals surface area (Å²) in [6.07, 6.45) is 0.196. The molecular weight excluding hydrogens is 330 g/mol. The van der Waals surface area contributed by atoms with Crippen molar-refractivity contribution in [2.75, 3.05) is 19.8 Å². The molecule has 2 aromatic carbocycles. The van der Waals surface area contributed by atoms with E-state index in [1.165, 1.54) is 0 Å². The Bertz CT molecular complexity index is 658. The molecule has 0 unspecified atom stereocenters. The highest BCUT2D eigenvalue weighted by atomic mass is 16.5. The number of carbonyl (C=O) groups is 1. The lowest BCUT2D eigenvalue weighted by Gasteiger charge is -2.10. The summed E-state index contributed by atoms with van der Waals surface area (Å²) < 4.78 is 16.4. The first-order chi connectivity index (χ1) is 12.6. The minimum Gasteiger partial charge on any atom is -0.491 e. The lowest BCUT2D eigenvalue weighted by molar-refractivity contribution is -0.126. The van der Waals surface area contributed by atoms with Gasteiger partial charge in [-0.1, -0.05) is 42.5 Å². The molecule has 5 nitrogen and oxygen atoms in total. The molecule has 0 aliphatic heterocycles. The number of para-hydroxylation sites is 1. The second-order valence-electron chi connectivity index (χ2n) is 6.17. The highest BCUT2D eigenvalue weighted by Crippen LogP contribution is 2.08. The number of rotatable bonds is 11. The third-order valence-electron chi connectivity index (χ3n) is 3.54. The van der Waals surface area contributed by atoms with Crippen LogP contribution in [-0.4, -0.2) is 31.8 Å². The maximum Gasteiger partial charge on any atom is 0.246 e. The molecule has 0 aliphatic rings. The molecule has 0 bridgehead atoms. The Morgan fingerprint density at radius 1 is 1.00 bits per heavy atom.